The summed E-state index contributed by atoms with van der Waals surface area (Å²) < 4.78 is 38.6. The lowest BCUT2D eigenvalue weighted by atomic mass is 10.1. The van der Waals surface area contributed by atoms with Crippen molar-refractivity contribution >= 4 is 21.6 Å². The van der Waals surface area contributed by atoms with Gasteiger partial charge in [-0.15, -0.1) is 0 Å². The van der Waals surface area contributed by atoms with Gasteiger partial charge in [-0.25, -0.2) is 4.98 Å². The zero-order valence-corrected chi connectivity index (χ0v) is 12.2. The lowest BCUT2D eigenvalue weighted by Gasteiger charge is -2.13. The van der Waals surface area contributed by atoms with E-state index in [0.717, 1.165) is 12.1 Å². The van der Waals surface area contributed by atoms with Crippen molar-refractivity contribution in [3.63, 3.8) is 0 Å². The molecule has 1 N–H and O–H groups in total. The normalized spacial score (nSPS) is 11.0. The Morgan fingerprint density at radius 3 is 2.71 bits per heavy atom. The van der Waals surface area contributed by atoms with Gasteiger partial charge in [-0.3, -0.25) is 0 Å². The van der Waals surface area contributed by atoms with Crippen molar-refractivity contribution in [1.29, 1.82) is 5.26 Å². The molecule has 0 aliphatic heterocycles. The van der Waals surface area contributed by atoms with E-state index in [1.54, 1.807) is 12.1 Å². The van der Waals surface area contributed by atoms with Gasteiger partial charge in [-0.05, 0) is 40.2 Å². The highest BCUT2D eigenvalue weighted by molar-refractivity contribution is 9.10. The number of pyridine rings is 1. The maximum absolute atomic E-state index is 12.7. The average Bonchev–Trinajstić information content (AvgIpc) is 2.45. The van der Waals surface area contributed by atoms with Crippen molar-refractivity contribution in [2.24, 2.45) is 0 Å². The van der Waals surface area contributed by atoms with Crippen molar-refractivity contribution in [3.05, 3.63) is 57.8 Å². The molecule has 0 aliphatic rings. The predicted octanol–water partition coefficient (Wildman–Crippen LogP) is 4.35. The molecule has 0 bridgehead atoms. The summed E-state index contributed by atoms with van der Waals surface area (Å²) in [6.45, 7) is 0.205. The summed E-state index contributed by atoms with van der Waals surface area (Å²) in [5, 5.41) is 11.8. The van der Waals surface area contributed by atoms with Gasteiger partial charge in [0.1, 0.15) is 11.8 Å². The van der Waals surface area contributed by atoms with Gasteiger partial charge in [0, 0.05) is 28.5 Å². The van der Waals surface area contributed by atoms with Crippen LogP contribution in [-0.4, -0.2) is 4.98 Å². The van der Waals surface area contributed by atoms with Crippen LogP contribution in [0, 0.1) is 11.3 Å². The summed E-state index contributed by atoms with van der Waals surface area (Å²) in [5.41, 5.74) is 0.426. The maximum atomic E-state index is 12.7. The van der Waals surface area contributed by atoms with E-state index in [-0.39, 0.29) is 12.2 Å². The van der Waals surface area contributed by atoms with Gasteiger partial charge in [-0.1, -0.05) is 6.07 Å². The third-order valence-corrected chi connectivity index (χ3v) is 3.45. The fourth-order valence-corrected chi connectivity index (χ4v) is 2.10. The van der Waals surface area contributed by atoms with Gasteiger partial charge in [0.2, 0.25) is 0 Å². The molecule has 0 saturated heterocycles. The Hall–Kier alpha value is -2.07. The summed E-state index contributed by atoms with van der Waals surface area (Å²) in [4.78, 5) is 3.90. The summed E-state index contributed by atoms with van der Waals surface area (Å²) in [5.74, 6) is 0. The number of aromatic nitrogens is 1. The average molecular weight is 356 g/mol. The Bertz CT molecular complexity index is 693. The van der Waals surface area contributed by atoms with Crippen LogP contribution in [0.4, 0.5) is 18.9 Å². The molecule has 1 heterocycles. The van der Waals surface area contributed by atoms with Gasteiger partial charge in [-0.2, -0.15) is 18.4 Å². The first kappa shape index (κ1) is 15.3. The van der Waals surface area contributed by atoms with E-state index in [1.807, 2.05) is 6.07 Å². The van der Waals surface area contributed by atoms with E-state index in [0.29, 0.717) is 15.7 Å². The minimum absolute atomic E-state index is 0.205. The molecule has 3 nitrogen and oxygen atoms in total. The highest BCUT2D eigenvalue weighted by Crippen LogP contribution is 2.34. The van der Waals surface area contributed by atoms with Crippen LogP contribution in [0.3, 0.4) is 0 Å². The summed E-state index contributed by atoms with van der Waals surface area (Å²) in [7, 11) is 0. The molecular formula is C14H9BrF3N3. The lowest BCUT2D eigenvalue weighted by Crippen LogP contribution is -2.07. The minimum atomic E-state index is -4.40. The van der Waals surface area contributed by atoms with Crippen LogP contribution in [0.2, 0.25) is 0 Å². The van der Waals surface area contributed by atoms with Crippen LogP contribution < -0.4 is 5.32 Å². The van der Waals surface area contributed by atoms with Gasteiger partial charge in [0.15, 0.2) is 0 Å². The van der Waals surface area contributed by atoms with Crippen molar-refractivity contribution in [2.75, 3.05) is 5.32 Å². The largest absolute Gasteiger partial charge is 0.416 e. The standard InChI is InChI=1S/C14H9BrF3N3/c15-11-4-3-10(14(16,17)18)6-12(11)21-8-9-2-1-5-20-13(9)7-19/h1-6,21H,8H2. The molecule has 0 aliphatic carbocycles. The molecule has 0 spiro atoms. The van der Waals surface area contributed by atoms with Crippen LogP contribution in [0.1, 0.15) is 16.8 Å². The second-order valence-corrected chi connectivity index (χ2v) is 5.02. The van der Waals surface area contributed by atoms with E-state index in [4.69, 9.17) is 5.26 Å². The second kappa shape index (κ2) is 6.14. The Morgan fingerprint density at radius 1 is 1.29 bits per heavy atom. The molecule has 1 aromatic heterocycles. The van der Waals surface area contributed by atoms with E-state index < -0.39 is 11.7 Å². The number of rotatable bonds is 3. The summed E-state index contributed by atoms with van der Waals surface area (Å²) in [6.07, 6.45) is -2.91. The Labute approximate surface area is 127 Å². The fraction of sp³-hybridized carbons (Fsp3) is 0.143. The number of nitriles is 1. The SMILES string of the molecule is N#Cc1ncccc1CNc1cc(C(F)(F)F)ccc1Br. The fourth-order valence-electron chi connectivity index (χ4n) is 1.71. The number of nitrogens with one attached hydrogen (secondary N) is 1. The number of anilines is 1. The molecule has 0 amide bonds. The predicted molar refractivity (Wildman–Crippen MR) is 75.4 cm³/mol. The second-order valence-electron chi connectivity index (χ2n) is 4.17. The molecule has 2 aromatic rings. The van der Waals surface area contributed by atoms with E-state index in [1.165, 1.54) is 12.3 Å². The number of benzene rings is 1. The molecule has 21 heavy (non-hydrogen) atoms. The van der Waals surface area contributed by atoms with Crippen molar-refractivity contribution in [3.8, 4) is 6.07 Å². The van der Waals surface area contributed by atoms with Crippen molar-refractivity contribution < 1.29 is 13.2 Å². The zero-order chi connectivity index (χ0) is 15.5. The third-order valence-electron chi connectivity index (χ3n) is 2.76. The highest BCUT2D eigenvalue weighted by Gasteiger charge is 2.30. The molecule has 7 heteroatoms. The maximum Gasteiger partial charge on any atom is 0.416 e. The molecule has 0 unspecified atom stereocenters. The molecule has 1 aromatic carbocycles. The molecule has 108 valence electrons. The zero-order valence-electron chi connectivity index (χ0n) is 10.6. The first-order chi connectivity index (χ1) is 9.91. The Balaban J connectivity index is 2.22. The molecule has 2 rings (SSSR count). The summed E-state index contributed by atoms with van der Waals surface area (Å²) >= 11 is 3.20. The van der Waals surface area contributed by atoms with E-state index >= 15 is 0 Å². The molecule has 0 fully saturated rings. The lowest BCUT2D eigenvalue weighted by molar-refractivity contribution is -0.137. The Morgan fingerprint density at radius 2 is 2.05 bits per heavy atom. The van der Waals surface area contributed by atoms with Gasteiger partial charge in [0.05, 0.1) is 5.56 Å². The third kappa shape index (κ3) is 3.73. The molecule has 0 atom stereocenters. The van der Waals surface area contributed by atoms with Crippen LogP contribution in [0.5, 0.6) is 0 Å². The van der Waals surface area contributed by atoms with Crippen LogP contribution in [0.25, 0.3) is 0 Å². The number of nitrogens with zero attached hydrogens (tertiary/aromatic N) is 2. The van der Waals surface area contributed by atoms with Crippen molar-refractivity contribution in [1.82, 2.24) is 4.98 Å². The Kier molecular flexibility index (Phi) is 4.48. The van der Waals surface area contributed by atoms with Crippen molar-refractivity contribution in [2.45, 2.75) is 12.7 Å². The van der Waals surface area contributed by atoms with E-state index in [2.05, 4.69) is 26.2 Å². The highest BCUT2D eigenvalue weighted by atomic mass is 79.9. The quantitative estimate of drug-likeness (QED) is 0.890. The van der Waals surface area contributed by atoms with Crippen LogP contribution in [0.15, 0.2) is 41.0 Å². The first-order valence-corrected chi connectivity index (χ1v) is 6.65. The first-order valence-electron chi connectivity index (χ1n) is 5.86. The summed E-state index contributed by atoms with van der Waals surface area (Å²) in [6, 6.07) is 8.65. The van der Waals surface area contributed by atoms with E-state index in [9.17, 15) is 13.2 Å². The monoisotopic (exact) mass is 355 g/mol. The van der Waals surface area contributed by atoms with Gasteiger partial charge < -0.3 is 5.32 Å². The molecular weight excluding hydrogens is 347 g/mol. The molecule has 0 radical (unpaired) electrons. The number of halogens is 4. The number of alkyl halides is 3. The smallest absolute Gasteiger partial charge is 0.380 e. The number of hydrogen-bond acceptors (Lipinski definition) is 3. The molecule has 0 saturated carbocycles. The van der Waals surface area contributed by atoms with Crippen LogP contribution in [-0.2, 0) is 12.7 Å². The minimum Gasteiger partial charge on any atom is -0.380 e. The van der Waals surface area contributed by atoms with Crippen LogP contribution >= 0.6 is 15.9 Å². The number of hydrogen-bond donors (Lipinski definition) is 1. The van der Waals surface area contributed by atoms with Gasteiger partial charge >= 0.3 is 6.18 Å². The van der Waals surface area contributed by atoms with Gasteiger partial charge in [0.25, 0.3) is 0 Å². The topological polar surface area (TPSA) is 48.7 Å².